The first-order valence-corrected chi connectivity index (χ1v) is 11.7. The SMILES string of the molecule is COc1ccc(Cn2nnc(C(=O)Cc3ccc(C(=O)O)cc3C(=O)O)c2Oc2cc(Cl)ccc2Cl)cc1. The van der Waals surface area contributed by atoms with Gasteiger partial charge in [-0.05, 0) is 47.5 Å². The number of carboxylic acids is 2. The van der Waals surface area contributed by atoms with Crippen molar-refractivity contribution in [3.05, 3.63) is 98.7 Å². The third-order valence-corrected chi connectivity index (χ3v) is 6.03. The molecule has 0 unspecified atom stereocenters. The molecule has 0 aliphatic heterocycles. The molecule has 0 aliphatic carbocycles. The van der Waals surface area contributed by atoms with Gasteiger partial charge in [-0.1, -0.05) is 46.6 Å². The summed E-state index contributed by atoms with van der Waals surface area (Å²) in [6.07, 6.45) is -0.400. The van der Waals surface area contributed by atoms with Crippen LogP contribution in [0.5, 0.6) is 17.4 Å². The van der Waals surface area contributed by atoms with Crippen LogP contribution in [-0.4, -0.2) is 50.0 Å². The Balaban J connectivity index is 1.72. The van der Waals surface area contributed by atoms with Crippen molar-refractivity contribution in [3.8, 4) is 17.4 Å². The molecule has 2 N–H and O–H groups in total. The standard InChI is InChI=1S/C26H19Cl2N3O7/c1-37-18-7-2-14(3-8-18)13-31-24(38-22-12-17(27)6-9-20(22)28)23(29-30-31)21(32)11-15-4-5-16(25(33)34)10-19(15)26(35)36/h2-10,12H,11,13H2,1H3,(H,33,34)(H,35,36). The zero-order valence-electron chi connectivity index (χ0n) is 19.7. The fourth-order valence-electron chi connectivity index (χ4n) is 3.57. The van der Waals surface area contributed by atoms with Crippen LogP contribution < -0.4 is 9.47 Å². The van der Waals surface area contributed by atoms with E-state index in [1.807, 2.05) is 0 Å². The van der Waals surface area contributed by atoms with Crippen molar-refractivity contribution < 1.29 is 34.1 Å². The van der Waals surface area contributed by atoms with Crippen LogP contribution >= 0.6 is 23.2 Å². The van der Waals surface area contributed by atoms with Gasteiger partial charge in [0.25, 0.3) is 0 Å². The number of carbonyl (C=O) groups excluding carboxylic acids is 1. The number of aromatic nitrogens is 3. The molecule has 0 radical (unpaired) electrons. The lowest BCUT2D eigenvalue weighted by Crippen LogP contribution is -2.12. The molecule has 0 spiro atoms. The number of methoxy groups -OCH3 is 1. The van der Waals surface area contributed by atoms with Gasteiger partial charge in [-0.15, -0.1) is 5.10 Å². The molecule has 0 bridgehead atoms. The lowest BCUT2D eigenvalue weighted by Gasteiger charge is -2.12. The van der Waals surface area contributed by atoms with Crippen molar-refractivity contribution in [3.63, 3.8) is 0 Å². The Hall–Kier alpha value is -4.41. The predicted octanol–water partition coefficient (Wildman–Crippen LogP) is 5.26. The lowest BCUT2D eigenvalue weighted by molar-refractivity contribution is 0.0695. The average Bonchev–Trinajstić information content (AvgIpc) is 3.28. The topological polar surface area (TPSA) is 141 Å². The van der Waals surface area contributed by atoms with E-state index in [1.165, 1.54) is 28.9 Å². The Labute approximate surface area is 225 Å². The van der Waals surface area contributed by atoms with E-state index in [9.17, 15) is 24.6 Å². The van der Waals surface area contributed by atoms with Crippen molar-refractivity contribution >= 4 is 40.9 Å². The Morgan fingerprint density at radius 3 is 2.34 bits per heavy atom. The molecule has 4 aromatic rings. The van der Waals surface area contributed by atoms with Crippen molar-refractivity contribution in [2.45, 2.75) is 13.0 Å². The molecule has 0 amide bonds. The highest BCUT2D eigenvalue weighted by Crippen LogP contribution is 2.34. The van der Waals surface area contributed by atoms with Gasteiger partial charge < -0.3 is 19.7 Å². The third-order valence-electron chi connectivity index (χ3n) is 5.48. The Bertz CT molecular complexity index is 1530. The fraction of sp³-hybridized carbons (Fsp3) is 0.115. The third kappa shape index (κ3) is 5.93. The number of ether oxygens (including phenoxy) is 2. The van der Waals surface area contributed by atoms with Gasteiger partial charge in [0.15, 0.2) is 11.5 Å². The van der Waals surface area contributed by atoms with Crippen molar-refractivity contribution in [1.29, 1.82) is 0 Å². The monoisotopic (exact) mass is 555 g/mol. The number of hydrogen-bond acceptors (Lipinski definition) is 7. The largest absolute Gasteiger partial charge is 0.497 e. The van der Waals surface area contributed by atoms with Gasteiger partial charge in [-0.3, -0.25) is 4.79 Å². The predicted molar refractivity (Wildman–Crippen MR) is 137 cm³/mol. The van der Waals surface area contributed by atoms with Crippen molar-refractivity contribution in [2.24, 2.45) is 0 Å². The summed E-state index contributed by atoms with van der Waals surface area (Å²) in [5, 5.41) is 27.4. The second-order valence-electron chi connectivity index (χ2n) is 8.01. The highest BCUT2D eigenvalue weighted by molar-refractivity contribution is 6.34. The maximum atomic E-state index is 13.3. The minimum absolute atomic E-state index is 0.0333. The molecular formula is C26H19Cl2N3O7. The number of Topliss-reactive ketones (excluding diaryl/α,β-unsaturated/α-hetero) is 1. The molecule has 4 rings (SSSR count). The van der Waals surface area contributed by atoms with Gasteiger partial charge in [0.05, 0.1) is 29.8 Å². The van der Waals surface area contributed by atoms with Gasteiger partial charge in [0.1, 0.15) is 11.5 Å². The van der Waals surface area contributed by atoms with Crippen LogP contribution in [0.25, 0.3) is 0 Å². The summed E-state index contributed by atoms with van der Waals surface area (Å²) in [6, 6.07) is 15.2. The summed E-state index contributed by atoms with van der Waals surface area (Å²) >= 11 is 12.4. The number of benzene rings is 3. The van der Waals surface area contributed by atoms with Gasteiger partial charge in [-0.2, -0.15) is 0 Å². The molecule has 194 valence electrons. The molecule has 0 saturated heterocycles. The number of hydrogen-bond donors (Lipinski definition) is 2. The number of carbonyl (C=O) groups is 3. The molecule has 0 atom stereocenters. The van der Waals surface area contributed by atoms with Crippen LogP contribution in [0.4, 0.5) is 0 Å². The Kier molecular flexibility index (Phi) is 7.94. The summed E-state index contributed by atoms with van der Waals surface area (Å²) in [5.74, 6) is -2.49. The van der Waals surface area contributed by atoms with E-state index in [-0.39, 0.29) is 45.6 Å². The number of nitrogens with zero attached hydrogens (tertiary/aromatic N) is 3. The normalized spacial score (nSPS) is 10.7. The first-order chi connectivity index (χ1) is 18.2. The average molecular weight is 556 g/mol. The fourth-order valence-corrected chi connectivity index (χ4v) is 3.88. The minimum Gasteiger partial charge on any atom is -0.497 e. The quantitative estimate of drug-likeness (QED) is 0.250. The summed E-state index contributed by atoms with van der Waals surface area (Å²) < 4.78 is 12.5. The van der Waals surface area contributed by atoms with Gasteiger partial charge in [0.2, 0.25) is 5.88 Å². The number of ketones is 1. The smallest absolute Gasteiger partial charge is 0.336 e. The summed E-state index contributed by atoms with van der Waals surface area (Å²) in [7, 11) is 1.55. The molecule has 38 heavy (non-hydrogen) atoms. The summed E-state index contributed by atoms with van der Waals surface area (Å²) in [6.45, 7) is 0.172. The first kappa shape index (κ1) is 26.6. The molecule has 1 heterocycles. The molecule has 0 aliphatic rings. The van der Waals surface area contributed by atoms with E-state index in [0.29, 0.717) is 10.8 Å². The highest BCUT2D eigenvalue weighted by Gasteiger charge is 2.25. The van der Waals surface area contributed by atoms with Crippen LogP contribution in [0.1, 0.15) is 42.3 Å². The molecule has 12 heteroatoms. The zero-order chi connectivity index (χ0) is 27.4. The van der Waals surface area contributed by atoms with Crippen LogP contribution in [0.3, 0.4) is 0 Å². The van der Waals surface area contributed by atoms with Crippen LogP contribution in [0.2, 0.25) is 10.0 Å². The molecule has 10 nitrogen and oxygen atoms in total. The Morgan fingerprint density at radius 2 is 1.68 bits per heavy atom. The van der Waals surface area contributed by atoms with E-state index in [2.05, 4.69) is 10.3 Å². The maximum Gasteiger partial charge on any atom is 0.336 e. The van der Waals surface area contributed by atoms with E-state index >= 15 is 0 Å². The van der Waals surface area contributed by atoms with Crippen LogP contribution in [0.15, 0.2) is 60.7 Å². The molecule has 0 fully saturated rings. The maximum absolute atomic E-state index is 13.3. The van der Waals surface area contributed by atoms with Crippen molar-refractivity contribution in [2.75, 3.05) is 7.11 Å². The van der Waals surface area contributed by atoms with Gasteiger partial charge in [-0.25, -0.2) is 14.3 Å². The number of rotatable bonds is 10. The van der Waals surface area contributed by atoms with E-state index in [1.54, 1.807) is 37.4 Å². The van der Waals surface area contributed by atoms with E-state index in [0.717, 1.165) is 11.6 Å². The van der Waals surface area contributed by atoms with Gasteiger partial charge in [0, 0.05) is 17.5 Å². The number of halogens is 2. The number of carboxylic acid groups (broad SMARTS) is 2. The second-order valence-corrected chi connectivity index (χ2v) is 8.85. The molecular weight excluding hydrogens is 537 g/mol. The van der Waals surface area contributed by atoms with Gasteiger partial charge >= 0.3 is 11.9 Å². The zero-order valence-corrected chi connectivity index (χ0v) is 21.2. The second kappa shape index (κ2) is 11.3. The van der Waals surface area contributed by atoms with Crippen LogP contribution in [-0.2, 0) is 13.0 Å². The lowest BCUT2D eigenvalue weighted by atomic mass is 9.98. The van der Waals surface area contributed by atoms with Crippen LogP contribution in [0, 0.1) is 0 Å². The van der Waals surface area contributed by atoms with E-state index < -0.39 is 24.1 Å². The highest BCUT2D eigenvalue weighted by atomic mass is 35.5. The summed E-state index contributed by atoms with van der Waals surface area (Å²) in [4.78, 5) is 36.4. The number of aromatic carboxylic acids is 2. The summed E-state index contributed by atoms with van der Waals surface area (Å²) in [5.41, 5.74) is 0.194. The molecule has 3 aromatic carbocycles. The Morgan fingerprint density at radius 1 is 0.947 bits per heavy atom. The van der Waals surface area contributed by atoms with Crippen molar-refractivity contribution in [1.82, 2.24) is 15.0 Å². The minimum atomic E-state index is -1.37. The molecule has 0 saturated carbocycles. The van der Waals surface area contributed by atoms with E-state index in [4.69, 9.17) is 32.7 Å². The molecule has 1 aromatic heterocycles. The first-order valence-electron chi connectivity index (χ1n) is 11.0.